The molecule has 0 N–H and O–H groups in total. The van der Waals surface area contributed by atoms with Crippen molar-refractivity contribution in [3.05, 3.63) is 53.3 Å². The van der Waals surface area contributed by atoms with Gasteiger partial charge in [0.15, 0.2) is 0 Å². The topological polar surface area (TPSA) is 73.7 Å². The number of likely N-dealkylation sites (tertiary alicyclic amines) is 1. The number of benzene rings is 1. The highest BCUT2D eigenvalue weighted by Crippen LogP contribution is 2.18. The first kappa shape index (κ1) is 18.0. The van der Waals surface area contributed by atoms with Crippen molar-refractivity contribution in [2.45, 2.75) is 32.5 Å². The van der Waals surface area contributed by atoms with Gasteiger partial charge >= 0.3 is 12.1 Å². The van der Waals surface area contributed by atoms with Crippen LogP contribution >= 0.6 is 0 Å². The first-order chi connectivity index (χ1) is 12.4. The molecule has 3 rings (SSSR count). The van der Waals surface area contributed by atoms with E-state index >= 15 is 0 Å². The minimum absolute atomic E-state index is 0.230. The van der Waals surface area contributed by atoms with E-state index in [0.29, 0.717) is 18.8 Å². The van der Waals surface area contributed by atoms with E-state index in [9.17, 15) is 9.59 Å². The summed E-state index contributed by atoms with van der Waals surface area (Å²) in [6.07, 6.45) is -0.715. The number of ether oxygens (including phenoxy) is 2. The Bertz CT molecular complexity index is 779. The van der Waals surface area contributed by atoms with E-state index < -0.39 is 12.1 Å². The van der Waals surface area contributed by atoms with Crippen LogP contribution in [0.4, 0.5) is 4.79 Å². The first-order valence-electron chi connectivity index (χ1n) is 8.64. The van der Waals surface area contributed by atoms with Crippen LogP contribution in [0.2, 0.25) is 0 Å². The van der Waals surface area contributed by atoms with E-state index in [1.54, 1.807) is 13.1 Å². The highest BCUT2D eigenvalue weighted by molar-refractivity contribution is 5.88. The van der Waals surface area contributed by atoms with Crippen LogP contribution in [-0.2, 0) is 23.1 Å². The largest absolute Gasteiger partial charge is 0.454 e. The Hall–Kier alpha value is -2.83. The summed E-state index contributed by atoms with van der Waals surface area (Å²) in [6, 6.07) is 11.2. The molecule has 7 nitrogen and oxygen atoms in total. The SMILES string of the molecule is CC(C)c1cc(C(=O)OC2CN(C(=O)OCc3ccccc3)C2)n(C)n1. The number of hydrogen-bond donors (Lipinski definition) is 0. The fourth-order valence-corrected chi connectivity index (χ4v) is 2.65. The zero-order chi connectivity index (χ0) is 18.7. The van der Waals surface area contributed by atoms with E-state index in [1.165, 1.54) is 9.58 Å². The zero-order valence-electron chi connectivity index (χ0n) is 15.2. The van der Waals surface area contributed by atoms with Gasteiger partial charge in [0.05, 0.1) is 18.8 Å². The normalized spacial score (nSPS) is 14.2. The molecule has 1 saturated heterocycles. The standard InChI is InChI=1S/C19H23N3O4/c1-13(2)16-9-17(21(3)20-16)18(23)26-15-10-22(11-15)19(24)25-12-14-7-5-4-6-8-14/h4-9,13,15H,10-12H2,1-3H3. The van der Waals surface area contributed by atoms with Crippen molar-refractivity contribution in [2.24, 2.45) is 7.05 Å². The highest BCUT2D eigenvalue weighted by Gasteiger charge is 2.35. The van der Waals surface area contributed by atoms with Gasteiger partial charge in [-0.15, -0.1) is 0 Å². The van der Waals surface area contributed by atoms with Crippen molar-refractivity contribution in [3.63, 3.8) is 0 Å². The molecule has 26 heavy (non-hydrogen) atoms. The van der Waals surface area contributed by atoms with E-state index in [-0.39, 0.29) is 18.6 Å². The van der Waals surface area contributed by atoms with Crippen LogP contribution in [0.5, 0.6) is 0 Å². The number of aromatic nitrogens is 2. The molecule has 2 heterocycles. The van der Waals surface area contributed by atoms with E-state index in [1.807, 2.05) is 44.2 Å². The second kappa shape index (κ2) is 7.59. The van der Waals surface area contributed by atoms with Gasteiger partial charge in [0, 0.05) is 7.05 Å². The maximum atomic E-state index is 12.3. The summed E-state index contributed by atoms with van der Waals surface area (Å²) in [4.78, 5) is 25.8. The molecule has 1 aromatic carbocycles. The van der Waals surface area contributed by atoms with Gasteiger partial charge in [0.2, 0.25) is 0 Å². The summed E-state index contributed by atoms with van der Waals surface area (Å²) < 4.78 is 12.2. The molecule has 1 aliphatic heterocycles. The van der Waals surface area contributed by atoms with Crippen LogP contribution in [0.1, 0.15) is 41.5 Å². The number of esters is 1. The number of amides is 1. The van der Waals surface area contributed by atoms with Crippen molar-refractivity contribution >= 4 is 12.1 Å². The lowest BCUT2D eigenvalue weighted by Crippen LogP contribution is -2.55. The predicted molar refractivity (Wildman–Crippen MR) is 94.7 cm³/mol. The third kappa shape index (κ3) is 4.04. The molecule has 1 fully saturated rings. The summed E-state index contributed by atoms with van der Waals surface area (Å²) >= 11 is 0. The molecule has 0 atom stereocenters. The monoisotopic (exact) mass is 357 g/mol. The minimum atomic E-state index is -0.422. The van der Waals surface area contributed by atoms with Gasteiger partial charge in [0.25, 0.3) is 0 Å². The summed E-state index contributed by atoms with van der Waals surface area (Å²) in [7, 11) is 1.72. The van der Waals surface area contributed by atoms with Gasteiger partial charge in [-0.05, 0) is 17.5 Å². The van der Waals surface area contributed by atoms with E-state index in [0.717, 1.165) is 11.3 Å². The molecule has 1 aliphatic rings. The van der Waals surface area contributed by atoms with Gasteiger partial charge in [-0.3, -0.25) is 4.68 Å². The Balaban J connectivity index is 1.45. The molecule has 0 spiro atoms. The molecule has 0 aliphatic carbocycles. The zero-order valence-corrected chi connectivity index (χ0v) is 15.2. The van der Waals surface area contributed by atoms with Crippen LogP contribution in [0.25, 0.3) is 0 Å². The first-order valence-corrected chi connectivity index (χ1v) is 8.64. The molecule has 138 valence electrons. The number of rotatable bonds is 5. The number of nitrogens with zero attached hydrogens (tertiary/aromatic N) is 3. The van der Waals surface area contributed by atoms with Crippen molar-refractivity contribution < 1.29 is 19.1 Å². The van der Waals surface area contributed by atoms with Crippen LogP contribution < -0.4 is 0 Å². The summed E-state index contributed by atoms with van der Waals surface area (Å²) in [5.41, 5.74) is 2.19. The summed E-state index contributed by atoms with van der Waals surface area (Å²) in [5.74, 6) is -0.185. The van der Waals surface area contributed by atoms with Gasteiger partial charge in [-0.2, -0.15) is 5.10 Å². The second-order valence-corrected chi connectivity index (χ2v) is 6.71. The number of carbonyl (C=O) groups excluding carboxylic acids is 2. The number of carbonyl (C=O) groups is 2. The fraction of sp³-hybridized carbons (Fsp3) is 0.421. The highest BCUT2D eigenvalue weighted by atomic mass is 16.6. The van der Waals surface area contributed by atoms with Gasteiger partial charge in [-0.1, -0.05) is 44.2 Å². The third-order valence-corrected chi connectivity index (χ3v) is 4.28. The molecule has 0 bridgehead atoms. The Labute approximate surface area is 152 Å². The summed E-state index contributed by atoms with van der Waals surface area (Å²) in [5, 5.41) is 4.31. The van der Waals surface area contributed by atoms with Crippen LogP contribution in [0.3, 0.4) is 0 Å². The van der Waals surface area contributed by atoms with Crippen molar-refractivity contribution in [1.29, 1.82) is 0 Å². The lowest BCUT2D eigenvalue weighted by Gasteiger charge is -2.37. The molecule has 7 heteroatoms. The Morgan fingerprint density at radius 1 is 1.23 bits per heavy atom. The predicted octanol–water partition coefficient (Wildman–Crippen LogP) is 2.72. The van der Waals surface area contributed by atoms with Crippen molar-refractivity contribution in [2.75, 3.05) is 13.1 Å². The van der Waals surface area contributed by atoms with Crippen LogP contribution in [-0.4, -0.2) is 45.9 Å². The van der Waals surface area contributed by atoms with Crippen molar-refractivity contribution in [3.8, 4) is 0 Å². The van der Waals surface area contributed by atoms with Gasteiger partial charge in [0.1, 0.15) is 18.4 Å². The van der Waals surface area contributed by atoms with Crippen LogP contribution in [0, 0.1) is 0 Å². The molecule has 1 aromatic heterocycles. The smallest absolute Gasteiger partial charge is 0.410 e. The fourth-order valence-electron chi connectivity index (χ4n) is 2.65. The third-order valence-electron chi connectivity index (χ3n) is 4.28. The Morgan fingerprint density at radius 3 is 2.54 bits per heavy atom. The quantitative estimate of drug-likeness (QED) is 0.769. The Morgan fingerprint density at radius 2 is 1.92 bits per heavy atom. The second-order valence-electron chi connectivity index (χ2n) is 6.71. The lowest BCUT2D eigenvalue weighted by atomic mass is 10.1. The number of aryl methyl sites for hydroxylation is 1. The maximum Gasteiger partial charge on any atom is 0.410 e. The number of hydrogen-bond acceptors (Lipinski definition) is 5. The molecule has 2 aromatic rings. The van der Waals surface area contributed by atoms with Gasteiger partial charge < -0.3 is 14.4 Å². The Kier molecular flexibility index (Phi) is 5.25. The van der Waals surface area contributed by atoms with Gasteiger partial charge in [-0.25, -0.2) is 9.59 Å². The van der Waals surface area contributed by atoms with Crippen LogP contribution in [0.15, 0.2) is 36.4 Å². The molecular formula is C19H23N3O4. The molecule has 0 unspecified atom stereocenters. The van der Waals surface area contributed by atoms with Crippen molar-refractivity contribution in [1.82, 2.24) is 14.7 Å². The average molecular weight is 357 g/mol. The average Bonchev–Trinajstić information content (AvgIpc) is 2.98. The maximum absolute atomic E-state index is 12.3. The molecule has 1 amide bonds. The lowest BCUT2D eigenvalue weighted by molar-refractivity contribution is -0.0311. The van der Waals surface area contributed by atoms with E-state index in [2.05, 4.69) is 5.10 Å². The van der Waals surface area contributed by atoms with E-state index in [4.69, 9.17) is 9.47 Å². The molecule has 0 saturated carbocycles. The minimum Gasteiger partial charge on any atom is -0.454 e. The molecular weight excluding hydrogens is 334 g/mol. The summed E-state index contributed by atoms with van der Waals surface area (Å²) in [6.45, 7) is 4.95. The molecule has 0 radical (unpaired) electrons.